The minimum atomic E-state index is -0.0440. The highest BCUT2D eigenvalue weighted by molar-refractivity contribution is 6.04. The maximum absolute atomic E-state index is 13.3. The van der Waals surface area contributed by atoms with E-state index in [1.54, 1.807) is 6.20 Å². The largest absolute Gasteiger partial charge is 0.365 e. The Balaban J connectivity index is 1.39. The second-order valence-corrected chi connectivity index (χ2v) is 8.29. The number of piperazine rings is 1. The summed E-state index contributed by atoms with van der Waals surface area (Å²) < 4.78 is 0. The average molecular weight is 402 g/mol. The second-order valence-electron chi connectivity index (χ2n) is 8.29. The van der Waals surface area contributed by atoms with Crippen molar-refractivity contribution < 1.29 is 4.79 Å². The first-order valence-corrected chi connectivity index (χ1v) is 10.6. The molecule has 6 nitrogen and oxygen atoms in total. The highest BCUT2D eigenvalue weighted by atomic mass is 16.1. The van der Waals surface area contributed by atoms with Crippen LogP contribution in [0.2, 0.25) is 0 Å². The summed E-state index contributed by atoms with van der Waals surface area (Å²) in [4.78, 5) is 22.5. The number of hydrogen-bond donors (Lipinski definition) is 2. The zero-order valence-electron chi connectivity index (χ0n) is 17.3. The summed E-state index contributed by atoms with van der Waals surface area (Å²) in [6.45, 7) is 5.71. The first-order chi connectivity index (χ1) is 14.7. The van der Waals surface area contributed by atoms with Crippen LogP contribution in [0.4, 0.5) is 5.82 Å². The molecule has 1 amide bonds. The van der Waals surface area contributed by atoms with E-state index in [4.69, 9.17) is 0 Å². The molecular weight excluding hydrogens is 374 g/mol. The smallest absolute Gasteiger partial charge is 0.251 e. The lowest BCUT2D eigenvalue weighted by Crippen LogP contribution is -2.47. The van der Waals surface area contributed by atoms with Crippen molar-refractivity contribution in [3.8, 4) is 0 Å². The molecule has 0 unspecified atom stereocenters. The molecule has 2 N–H and O–H groups in total. The first-order valence-electron chi connectivity index (χ1n) is 10.6. The number of carbonyl (C=O) groups is 1. The van der Waals surface area contributed by atoms with Crippen LogP contribution in [-0.4, -0.2) is 60.5 Å². The number of pyridine rings is 1. The number of anilines is 1. The van der Waals surface area contributed by atoms with Crippen molar-refractivity contribution in [1.82, 2.24) is 20.1 Å². The topological polar surface area (TPSA) is 60.5 Å². The van der Waals surface area contributed by atoms with Crippen LogP contribution >= 0.6 is 0 Å². The molecule has 0 aliphatic carbocycles. The summed E-state index contributed by atoms with van der Waals surface area (Å²) in [5.41, 5.74) is 2.98. The van der Waals surface area contributed by atoms with Crippen LogP contribution in [0.15, 0.2) is 54.7 Å². The van der Waals surface area contributed by atoms with Gasteiger partial charge in [0.25, 0.3) is 5.91 Å². The summed E-state index contributed by atoms with van der Waals surface area (Å²) in [5, 5.41) is 8.81. The van der Waals surface area contributed by atoms with Gasteiger partial charge in [0.05, 0.1) is 6.04 Å². The van der Waals surface area contributed by atoms with Gasteiger partial charge in [0.1, 0.15) is 5.82 Å². The summed E-state index contributed by atoms with van der Waals surface area (Å²) in [7, 11) is 2.16. The van der Waals surface area contributed by atoms with Crippen molar-refractivity contribution >= 4 is 22.5 Å². The Bertz CT molecular complexity index is 1060. The quantitative estimate of drug-likeness (QED) is 0.689. The molecule has 5 rings (SSSR count). The Morgan fingerprint density at radius 3 is 2.73 bits per heavy atom. The van der Waals surface area contributed by atoms with E-state index in [2.05, 4.69) is 44.6 Å². The second kappa shape index (κ2) is 8.05. The lowest BCUT2D eigenvalue weighted by molar-refractivity contribution is 0.0907. The van der Waals surface area contributed by atoms with Crippen molar-refractivity contribution in [2.45, 2.75) is 12.6 Å². The number of aromatic nitrogens is 1. The number of benzene rings is 2. The molecule has 154 valence electrons. The first kappa shape index (κ1) is 19.0. The number of carbonyl (C=O) groups excluding carboxylic acids is 1. The van der Waals surface area contributed by atoms with Crippen LogP contribution in [-0.2, 0) is 6.54 Å². The van der Waals surface area contributed by atoms with Crippen molar-refractivity contribution in [2.24, 2.45) is 0 Å². The third-order valence-electron chi connectivity index (χ3n) is 6.20. The standard InChI is InChI=1S/C24H27N5O/c1-28-9-11-29(12-10-28)16-21(17-5-3-2-4-6-17)27-24(30)19-13-18-7-8-25-23-22(18)20(14-19)15-26-23/h2-8,13-14,21H,9-12,15-16H2,1H3,(H,25,26)(H,27,30)/t21-/m1/s1. The van der Waals surface area contributed by atoms with Crippen LogP contribution in [0.3, 0.4) is 0 Å². The minimum Gasteiger partial charge on any atom is -0.365 e. The molecule has 6 heteroatoms. The Morgan fingerprint density at radius 2 is 1.93 bits per heavy atom. The zero-order valence-corrected chi connectivity index (χ0v) is 17.3. The predicted molar refractivity (Wildman–Crippen MR) is 120 cm³/mol. The molecule has 0 spiro atoms. The molecule has 3 aromatic rings. The maximum atomic E-state index is 13.3. The van der Waals surface area contributed by atoms with Crippen LogP contribution in [0.5, 0.6) is 0 Å². The predicted octanol–water partition coefficient (Wildman–Crippen LogP) is 2.88. The molecule has 1 aromatic heterocycles. The van der Waals surface area contributed by atoms with E-state index in [0.29, 0.717) is 12.1 Å². The van der Waals surface area contributed by atoms with E-state index in [1.165, 1.54) is 0 Å². The molecule has 1 saturated heterocycles. The molecule has 2 aliphatic rings. The van der Waals surface area contributed by atoms with Gasteiger partial charge in [-0.05, 0) is 41.8 Å². The van der Waals surface area contributed by atoms with E-state index in [1.807, 2.05) is 36.4 Å². The normalized spacial score (nSPS) is 17.6. The van der Waals surface area contributed by atoms with Gasteiger partial charge in [0.15, 0.2) is 0 Å². The molecule has 30 heavy (non-hydrogen) atoms. The molecule has 0 bridgehead atoms. The van der Waals surface area contributed by atoms with Crippen LogP contribution in [0.1, 0.15) is 27.5 Å². The van der Waals surface area contributed by atoms with Gasteiger partial charge in [-0.15, -0.1) is 0 Å². The highest BCUT2D eigenvalue weighted by Gasteiger charge is 2.23. The van der Waals surface area contributed by atoms with Gasteiger partial charge in [0.2, 0.25) is 0 Å². The maximum Gasteiger partial charge on any atom is 0.251 e. The molecule has 0 saturated carbocycles. The average Bonchev–Trinajstić information content (AvgIpc) is 3.20. The van der Waals surface area contributed by atoms with Gasteiger partial charge < -0.3 is 15.5 Å². The molecule has 1 fully saturated rings. The van der Waals surface area contributed by atoms with Crippen molar-refractivity contribution in [3.63, 3.8) is 0 Å². The summed E-state index contributed by atoms with van der Waals surface area (Å²) in [5.74, 6) is 0.882. The number of nitrogens with zero attached hydrogens (tertiary/aromatic N) is 3. The van der Waals surface area contributed by atoms with E-state index >= 15 is 0 Å². The Kier molecular flexibility index (Phi) is 5.11. The molecular formula is C24H27N5O. The van der Waals surface area contributed by atoms with E-state index in [9.17, 15) is 4.79 Å². The fourth-order valence-corrected chi connectivity index (χ4v) is 4.44. The fourth-order valence-electron chi connectivity index (χ4n) is 4.44. The van der Waals surface area contributed by atoms with Gasteiger partial charge in [-0.1, -0.05) is 30.3 Å². The van der Waals surface area contributed by atoms with Crippen molar-refractivity contribution in [1.29, 1.82) is 0 Å². The van der Waals surface area contributed by atoms with E-state index in [0.717, 1.165) is 60.4 Å². The molecule has 2 aromatic carbocycles. The zero-order chi connectivity index (χ0) is 20.5. The molecule has 2 aliphatic heterocycles. The van der Waals surface area contributed by atoms with E-state index in [-0.39, 0.29) is 11.9 Å². The monoisotopic (exact) mass is 401 g/mol. The van der Waals surface area contributed by atoms with Gasteiger partial charge in [0, 0.05) is 56.4 Å². The summed E-state index contributed by atoms with van der Waals surface area (Å²) >= 11 is 0. The van der Waals surface area contributed by atoms with Crippen molar-refractivity contribution in [3.05, 3.63) is 71.4 Å². The fraction of sp³-hybridized carbons (Fsp3) is 0.333. The number of nitrogens with one attached hydrogen (secondary N) is 2. The molecule has 3 heterocycles. The van der Waals surface area contributed by atoms with Crippen LogP contribution < -0.4 is 10.6 Å². The van der Waals surface area contributed by atoms with Crippen LogP contribution in [0.25, 0.3) is 10.8 Å². The molecule has 0 radical (unpaired) electrons. The number of amides is 1. The lowest BCUT2D eigenvalue weighted by Gasteiger charge is -2.35. The van der Waals surface area contributed by atoms with Crippen LogP contribution in [0, 0.1) is 0 Å². The third kappa shape index (κ3) is 3.76. The minimum absolute atomic E-state index is 0.0265. The van der Waals surface area contributed by atoms with Gasteiger partial charge in [-0.3, -0.25) is 9.69 Å². The summed E-state index contributed by atoms with van der Waals surface area (Å²) in [6, 6.07) is 16.2. The highest BCUT2D eigenvalue weighted by Crippen LogP contribution is 2.32. The van der Waals surface area contributed by atoms with Gasteiger partial charge >= 0.3 is 0 Å². The third-order valence-corrected chi connectivity index (χ3v) is 6.20. The summed E-state index contributed by atoms with van der Waals surface area (Å²) in [6.07, 6.45) is 1.79. The SMILES string of the molecule is CN1CCN(C[C@@H](NC(=O)c2cc3c4c(nccc4c2)NC3)c2ccccc2)CC1. The van der Waals surface area contributed by atoms with Crippen molar-refractivity contribution in [2.75, 3.05) is 45.1 Å². The lowest BCUT2D eigenvalue weighted by atomic mass is 10.0. The Labute approximate surface area is 176 Å². The Morgan fingerprint density at radius 1 is 1.13 bits per heavy atom. The Hall–Kier alpha value is -2.96. The number of likely N-dealkylation sites (N-methyl/N-ethyl adjacent to an activating group) is 1. The molecule has 1 atom stereocenters. The van der Waals surface area contributed by atoms with E-state index < -0.39 is 0 Å². The van der Waals surface area contributed by atoms with Gasteiger partial charge in [-0.25, -0.2) is 4.98 Å². The number of rotatable bonds is 5. The number of hydrogen-bond acceptors (Lipinski definition) is 5. The van der Waals surface area contributed by atoms with Gasteiger partial charge in [-0.2, -0.15) is 0 Å².